The predicted molar refractivity (Wildman–Crippen MR) is 125 cm³/mol. The maximum absolute atomic E-state index is 14.3. The lowest BCUT2D eigenvalue weighted by atomic mass is 9.94. The van der Waals surface area contributed by atoms with Crippen LogP contribution in [0.5, 0.6) is 5.75 Å². The molecule has 2 atom stereocenters. The molecule has 1 N–H and O–H groups in total. The number of nitrogens with one attached hydrogen (secondary N) is 1. The van der Waals surface area contributed by atoms with Crippen molar-refractivity contribution in [3.8, 4) is 11.4 Å². The molecule has 1 unspecified atom stereocenters. The minimum atomic E-state index is -4.44. The predicted octanol–water partition coefficient (Wildman–Crippen LogP) is 5.29. The Hall–Kier alpha value is -3.25. The number of para-hydroxylation sites is 1. The van der Waals surface area contributed by atoms with Crippen LogP contribution in [-0.4, -0.2) is 40.1 Å². The van der Waals surface area contributed by atoms with Crippen LogP contribution in [-0.2, 0) is 16.5 Å². The van der Waals surface area contributed by atoms with Gasteiger partial charge in [0.1, 0.15) is 23.7 Å². The van der Waals surface area contributed by atoms with Crippen molar-refractivity contribution in [1.82, 2.24) is 20.1 Å². The summed E-state index contributed by atoms with van der Waals surface area (Å²) in [6.07, 6.45) is -4.19. The summed E-state index contributed by atoms with van der Waals surface area (Å²) in [6, 6.07) is 7.61. The van der Waals surface area contributed by atoms with Crippen LogP contribution < -0.4 is 10.1 Å². The van der Waals surface area contributed by atoms with Crippen LogP contribution in [0.1, 0.15) is 22.9 Å². The van der Waals surface area contributed by atoms with E-state index in [1.807, 2.05) is 0 Å². The molecule has 0 spiro atoms. The molecule has 1 radical (unpaired) electrons. The fourth-order valence-electron chi connectivity index (χ4n) is 4.44. The van der Waals surface area contributed by atoms with Crippen LogP contribution in [0.2, 0.25) is 5.02 Å². The van der Waals surface area contributed by atoms with Crippen molar-refractivity contribution in [2.45, 2.75) is 31.8 Å². The normalized spacial score (nSPS) is 18.4. The molecule has 0 amide bonds. The Morgan fingerprint density at radius 2 is 2.05 bits per heavy atom. The number of morpholine rings is 1. The number of alkyl halides is 2. The molecule has 1 aliphatic rings. The molecule has 1 fully saturated rings. The van der Waals surface area contributed by atoms with Crippen LogP contribution in [0.3, 0.4) is 0 Å². The summed E-state index contributed by atoms with van der Waals surface area (Å²) in [5.41, 5.74) is 1.86. The van der Waals surface area contributed by atoms with Crippen molar-refractivity contribution in [1.29, 1.82) is 0 Å². The van der Waals surface area contributed by atoms with Gasteiger partial charge in [-0.05, 0) is 36.8 Å². The van der Waals surface area contributed by atoms with Gasteiger partial charge >= 0.3 is 6.11 Å². The number of aryl methyl sites for hydroxylation is 1. The standard InChI is InChI=1S/C25H20ClF4N4O3/c1-13-7-20(34-11-15(28)10-32-34)16-3-2-4-21(22(16)33-13)37-12-18-17(8-14(27)9-19(18)26)23-24(25(29,30)35)36-6-5-31-23/h2-4,7-11,23-24,31H,5-6,12H2,1H3/t23-,24?/m1/s1. The molecule has 3 heterocycles. The summed E-state index contributed by atoms with van der Waals surface area (Å²) in [5, 5.41) is 18.9. The fraction of sp³-hybridized carbons (Fsp3) is 0.280. The number of hydrogen-bond acceptors (Lipinski definition) is 5. The third-order valence-corrected chi connectivity index (χ3v) is 6.34. The van der Waals surface area contributed by atoms with Gasteiger partial charge in [-0.2, -0.15) is 19.0 Å². The van der Waals surface area contributed by atoms with Crippen molar-refractivity contribution in [2.75, 3.05) is 13.2 Å². The molecule has 5 rings (SSSR count). The Bertz CT molecular complexity index is 1460. The molecule has 2 aromatic carbocycles. The summed E-state index contributed by atoms with van der Waals surface area (Å²) in [4.78, 5) is 4.55. The van der Waals surface area contributed by atoms with Crippen LogP contribution in [0.15, 0.2) is 48.8 Å². The number of ether oxygens (including phenoxy) is 2. The molecule has 1 aliphatic heterocycles. The molecule has 37 heavy (non-hydrogen) atoms. The lowest BCUT2D eigenvalue weighted by Gasteiger charge is -2.35. The molecule has 0 aliphatic carbocycles. The number of rotatable bonds is 6. The van der Waals surface area contributed by atoms with Crippen molar-refractivity contribution in [3.05, 3.63) is 82.3 Å². The molecule has 0 saturated carbocycles. The van der Waals surface area contributed by atoms with Gasteiger partial charge in [0.25, 0.3) is 0 Å². The Kier molecular flexibility index (Phi) is 6.80. The van der Waals surface area contributed by atoms with Gasteiger partial charge in [-0.1, -0.05) is 23.7 Å². The molecular weight excluding hydrogens is 516 g/mol. The van der Waals surface area contributed by atoms with E-state index in [0.717, 1.165) is 18.3 Å². The lowest BCUT2D eigenvalue weighted by Crippen LogP contribution is -2.50. The van der Waals surface area contributed by atoms with Crippen molar-refractivity contribution < 1.29 is 32.1 Å². The van der Waals surface area contributed by atoms with Gasteiger partial charge in [0.05, 0.1) is 35.8 Å². The highest BCUT2D eigenvalue weighted by molar-refractivity contribution is 6.31. The summed E-state index contributed by atoms with van der Waals surface area (Å²) in [5.74, 6) is -0.946. The Morgan fingerprint density at radius 1 is 1.24 bits per heavy atom. The number of fused-ring (bicyclic) bond motifs is 1. The van der Waals surface area contributed by atoms with Crippen molar-refractivity contribution in [3.63, 3.8) is 0 Å². The van der Waals surface area contributed by atoms with E-state index in [9.17, 15) is 22.7 Å². The Morgan fingerprint density at radius 3 is 2.78 bits per heavy atom. The van der Waals surface area contributed by atoms with E-state index < -0.39 is 29.9 Å². The zero-order valence-corrected chi connectivity index (χ0v) is 20.1. The number of benzene rings is 2. The second-order valence-electron chi connectivity index (χ2n) is 8.57. The molecule has 193 valence electrons. The Balaban J connectivity index is 1.53. The maximum atomic E-state index is 14.3. The van der Waals surface area contributed by atoms with Gasteiger partial charge in [-0.25, -0.2) is 18.4 Å². The first-order chi connectivity index (χ1) is 17.6. The van der Waals surface area contributed by atoms with Gasteiger partial charge < -0.3 is 14.8 Å². The first-order valence-corrected chi connectivity index (χ1v) is 11.6. The molecule has 1 saturated heterocycles. The van der Waals surface area contributed by atoms with E-state index in [1.165, 1.54) is 10.9 Å². The van der Waals surface area contributed by atoms with E-state index in [0.29, 0.717) is 28.0 Å². The van der Waals surface area contributed by atoms with Crippen molar-refractivity contribution >= 4 is 22.5 Å². The summed E-state index contributed by atoms with van der Waals surface area (Å²) >= 11 is 6.32. The molecule has 0 bridgehead atoms. The third kappa shape index (κ3) is 5.12. The molecule has 7 nitrogen and oxygen atoms in total. The highest BCUT2D eigenvalue weighted by atomic mass is 35.5. The number of halogens is 5. The Labute approximate surface area is 213 Å². The largest absolute Gasteiger partial charge is 0.487 e. The SMILES string of the molecule is Cc1cc(-n2cc(F)cn2)c2cccc(OCc3c(Cl)cc(F)cc3[C@H]3NCCOC3C([O])(F)F)c2n1. The quantitative estimate of drug-likeness (QED) is 0.339. The van der Waals surface area contributed by atoms with E-state index in [-0.39, 0.29) is 35.9 Å². The maximum Gasteiger partial charge on any atom is 0.408 e. The zero-order chi connectivity index (χ0) is 26.3. The van der Waals surface area contributed by atoms with E-state index >= 15 is 0 Å². The lowest BCUT2D eigenvalue weighted by molar-refractivity contribution is -0.314. The van der Waals surface area contributed by atoms with Gasteiger partial charge in [-0.3, -0.25) is 0 Å². The minimum Gasteiger partial charge on any atom is -0.487 e. The zero-order valence-electron chi connectivity index (χ0n) is 19.4. The molecule has 2 aromatic heterocycles. The molecular formula is C25H20ClF4N4O3. The second-order valence-corrected chi connectivity index (χ2v) is 8.97. The number of aromatic nitrogens is 3. The smallest absolute Gasteiger partial charge is 0.408 e. The van der Waals surface area contributed by atoms with Crippen LogP contribution in [0, 0.1) is 18.6 Å². The highest BCUT2D eigenvalue weighted by Crippen LogP contribution is 2.37. The minimum absolute atomic E-state index is 0.0299. The second kappa shape index (κ2) is 9.90. The average Bonchev–Trinajstić information content (AvgIpc) is 3.28. The number of hydrogen-bond donors (Lipinski definition) is 1. The van der Waals surface area contributed by atoms with E-state index in [4.69, 9.17) is 21.1 Å². The fourth-order valence-corrected chi connectivity index (χ4v) is 4.71. The first-order valence-electron chi connectivity index (χ1n) is 11.3. The monoisotopic (exact) mass is 535 g/mol. The van der Waals surface area contributed by atoms with Gasteiger partial charge in [0, 0.05) is 23.2 Å². The van der Waals surface area contributed by atoms with Crippen LogP contribution >= 0.6 is 11.6 Å². The van der Waals surface area contributed by atoms with Gasteiger partial charge in [0.2, 0.25) is 0 Å². The summed E-state index contributed by atoms with van der Waals surface area (Å²) in [7, 11) is 0. The van der Waals surface area contributed by atoms with Gasteiger partial charge in [-0.15, -0.1) is 0 Å². The highest BCUT2D eigenvalue weighted by Gasteiger charge is 2.48. The van der Waals surface area contributed by atoms with E-state index in [1.54, 1.807) is 31.2 Å². The number of nitrogens with zero attached hydrogens (tertiary/aromatic N) is 3. The third-order valence-electron chi connectivity index (χ3n) is 6.01. The summed E-state index contributed by atoms with van der Waals surface area (Å²) < 4.78 is 68.0. The van der Waals surface area contributed by atoms with Crippen molar-refractivity contribution in [2.24, 2.45) is 0 Å². The topological polar surface area (TPSA) is 81.1 Å². The average molecular weight is 536 g/mol. The van der Waals surface area contributed by atoms with Crippen LogP contribution in [0.4, 0.5) is 17.6 Å². The number of pyridine rings is 1. The summed E-state index contributed by atoms with van der Waals surface area (Å²) in [6.45, 7) is 1.59. The van der Waals surface area contributed by atoms with E-state index in [2.05, 4.69) is 15.4 Å². The molecule has 12 heteroatoms. The molecule has 4 aromatic rings. The van der Waals surface area contributed by atoms with Crippen LogP contribution in [0.25, 0.3) is 16.6 Å². The van der Waals surface area contributed by atoms with Gasteiger partial charge in [0.15, 0.2) is 11.9 Å². The first kappa shape index (κ1) is 25.4.